The predicted octanol–water partition coefficient (Wildman–Crippen LogP) is 4.65. The fraction of sp³-hybridized carbons (Fsp3) is 1.00. The van der Waals surface area contributed by atoms with Gasteiger partial charge in [0.2, 0.25) is 0 Å². The van der Waals surface area contributed by atoms with Gasteiger partial charge in [-0.05, 0) is 30.1 Å². The van der Waals surface area contributed by atoms with Gasteiger partial charge in [0.1, 0.15) is 0 Å². The molecule has 3 heteroatoms. The average molecular weight is 222 g/mol. The van der Waals surface area contributed by atoms with Crippen molar-refractivity contribution in [1.29, 1.82) is 0 Å². The second-order valence-corrected chi connectivity index (χ2v) is 4.91. The summed E-state index contributed by atoms with van der Waals surface area (Å²) in [5.41, 5.74) is -0.464. The van der Waals surface area contributed by atoms with Crippen molar-refractivity contribution in [2.45, 2.75) is 53.1 Å². The van der Waals surface area contributed by atoms with Crippen LogP contribution in [0.25, 0.3) is 0 Å². The van der Waals surface area contributed by atoms with Crippen molar-refractivity contribution < 1.29 is 13.2 Å². The summed E-state index contributed by atoms with van der Waals surface area (Å²) in [5.74, 6) is -0.634. The molecule has 0 bridgehead atoms. The minimum absolute atomic E-state index is 0.235. The lowest BCUT2D eigenvalue weighted by Gasteiger charge is -2.27. The molecule has 0 aromatic rings. The van der Waals surface area contributed by atoms with E-state index >= 15 is 0 Å². The molecule has 0 radical (unpaired) electrons. The van der Waals surface area contributed by atoms with E-state index in [0.717, 1.165) is 12.8 Å². The topological polar surface area (TPSA) is 0 Å². The summed E-state index contributed by atoms with van der Waals surface area (Å²) in [4.78, 5) is 0. The molecule has 1 saturated carbocycles. The molecule has 0 aliphatic heterocycles. The van der Waals surface area contributed by atoms with E-state index in [4.69, 9.17) is 0 Å². The molecular weight excluding hydrogens is 201 g/mol. The third-order valence-corrected chi connectivity index (χ3v) is 4.54. The van der Waals surface area contributed by atoms with Crippen LogP contribution in [0.1, 0.15) is 47.0 Å². The maximum atomic E-state index is 12.8. The molecule has 90 valence electrons. The first-order valence-corrected chi connectivity index (χ1v) is 5.89. The first-order chi connectivity index (χ1) is 6.82. The summed E-state index contributed by atoms with van der Waals surface area (Å²) < 4.78 is 38.3. The lowest BCUT2D eigenvalue weighted by atomic mass is 9.83. The van der Waals surface area contributed by atoms with E-state index in [2.05, 4.69) is 0 Å². The molecule has 0 nitrogen and oxygen atoms in total. The Kier molecular flexibility index (Phi) is 3.42. The maximum absolute atomic E-state index is 12.8. The second-order valence-electron chi connectivity index (χ2n) is 4.91. The van der Waals surface area contributed by atoms with E-state index in [-0.39, 0.29) is 11.8 Å². The van der Waals surface area contributed by atoms with Crippen LogP contribution in [0, 0.1) is 23.2 Å². The van der Waals surface area contributed by atoms with Crippen LogP contribution in [0.2, 0.25) is 0 Å². The van der Waals surface area contributed by atoms with Gasteiger partial charge in [0.05, 0.1) is 5.92 Å². The van der Waals surface area contributed by atoms with Crippen molar-refractivity contribution in [3.05, 3.63) is 0 Å². The lowest BCUT2D eigenvalue weighted by Crippen LogP contribution is -2.30. The first kappa shape index (κ1) is 12.9. The van der Waals surface area contributed by atoms with E-state index in [1.54, 1.807) is 0 Å². The van der Waals surface area contributed by atoms with Crippen LogP contribution in [-0.4, -0.2) is 6.18 Å². The minimum Gasteiger partial charge on any atom is -0.171 e. The normalized spacial score (nSPS) is 37.8. The quantitative estimate of drug-likeness (QED) is 0.649. The third-order valence-electron chi connectivity index (χ3n) is 4.54. The summed E-state index contributed by atoms with van der Waals surface area (Å²) in [6, 6.07) is 0. The number of rotatable bonds is 4. The van der Waals surface area contributed by atoms with Crippen LogP contribution in [0.4, 0.5) is 13.2 Å². The highest BCUT2D eigenvalue weighted by molar-refractivity contribution is 5.11. The summed E-state index contributed by atoms with van der Waals surface area (Å²) in [6.45, 7) is 7.28. The Morgan fingerprint density at radius 3 is 2.13 bits per heavy atom. The van der Waals surface area contributed by atoms with E-state index < -0.39 is 17.5 Å². The van der Waals surface area contributed by atoms with Gasteiger partial charge in [-0.25, -0.2) is 0 Å². The maximum Gasteiger partial charge on any atom is 0.392 e. The molecule has 4 unspecified atom stereocenters. The van der Waals surface area contributed by atoms with E-state index in [1.165, 1.54) is 6.92 Å². The summed E-state index contributed by atoms with van der Waals surface area (Å²) in [5, 5.41) is 0. The Morgan fingerprint density at radius 2 is 1.80 bits per heavy atom. The molecule has 4 atom stereocenters. The number of hydrogen-bond donors (Lipinski definition) is 0. The van der Waals surface area contributed by atoms with Gasteiger partial charge >= 0.3 is 6.18 Å². The largest absolute Gasteiger partial charge is 0.392 e. The summed E-state index contributed by atoms with van der Waals surface area (Å²) in [6.07, 6.45) is -1.46. The molecule has 1 fully saturated rings. The van der Waals surface area contributed by atoms with Crippen molar-refractivity contribution in [3.8, 4) is 0 Å². The fourth-order valence-electron chi connectivity index (χ4n) is 3.49. The summed E-state index contributed by atoms with van der Waals surface area (Å²) in [7, 11) is 0. The zero-order chi connectivity index (χ0) is 11.9. The molecule has 1 aliphatic carbocycles. The second kappa shape index (κ2) is 3.99. The molecule has 0 aromatic carbocycles. The Hall–Kier alpha value is -0.210. The van der Waals surface area contributed by atoms with Gasteiger partial charge < -0.3 is 0 Å². The van der Waals surface area contributed by atoms with Crippen LogP contribution < -0.4 is 0 Å². The Bertz CT molecular complexity index is 221. The standard InChI is InChI=1S/C12H21F3/c1-5-7-10-8(3)11(10,6-2)9(4)12(13,14)15/h8-10H,5-7H2,1-4H3. The van der Waals surface area contributed by atoms with Gasteiger partial charge in [0.15, 0.2) is 0 Å². The smallest absolute Gasteiger partial charge is 0.171 e. The van der Waals surface area contributed by atoms with E-state index in [0.29, 0.717) is 6.42 Å². The molecular formula is C12H21F3. The van der Waals surface area contributed by atoms with E-state index in [9.17, 15) is 13.2 Å². The molecule has 0 saturated heterocycles. The van der Waals surface area contributed by atoms with Crippen LogP contribution in [0.5, 0.6) is 0 Å². The van der Waals surface area contributed by atoms with Crippen LogP contribution in [0.15, 0.2) is 0 Å². The van der Waals surface area contributed by atoms with Crippen LogP contribution in [0.3, 0.4) is 0 Å². The molecule has 0 amide bonds. The fourth-order valence-corrected chi connectivity index (χ4v) is 3.49. The molecule has 1 rings (SSSR count). The lowest BCUT2D eigenvalue weighted by molar-refractivity contribution is -0.191. The van der Waals surface area contributed by atoms with Crippen molar-refractivity contribution in [2.24, 2.45) is 23.2 Å². The highest BCUT2D eigenvalue weighted by Gasteiger charge is 2.67. The SMILES string of the molecule is CCCC1C(C)C1(CC)C(C)C(F)(F)F. The molecule has 1 aliphatic rings. The molecule has 0 N–H and O–H groups in total. The van der Waals surface area contributed by atoms with Gasteiger partial charge in [-0.1, -0.05) is 34.1 Å². The monoisotopic (exact) mass is 222 g/mol. The van der Waals surface area contributed by atoms with Crippen LogP contribution >= 0.6 is 0 Å². The third kappa shape index (κ3) is 1.90. The zero-order valence-corrected chi connectivity index (χ0v) is 9.99. The Morgan fingerprint density at radius 1 is 1.27 bits per heavy atom. The van der Waals surface area contributed by atoms with Crippen molar-refractivity contribution >= 4 is 0 Å². The summed E-state index contributed by atoms with van der Waals surface area (Å²) >= 11 is 0. The van der Waals surface area contributed by atoms with Crippen LogP contribution in [-0.2, 0) is 0 Å². The highest BCUT2D eigenvalue weighted by Crippen LogP contribution is 2.69. The van der Waals surface area contributed by atoms with Crippen molar-refractivity contribution in [1.82, 2.24) is 0 Å². The van der Waals surface area contributed by atoms with Gasteiger partial charge in [-0.15, -0.1) is 0 Å². The Labute approximate surface area is 90.2 Å². The van der Waals surface area contributed by atoms with Crippen molar-refractivity contribution in [2.75, 3.05) is 0 Å². The molecule has 0 heterocycles. The van der Waals surface area contributed by atoms with Gasteiger partial charge in [-0.3, -0.25) is 0 Å². The molecule has 0 spiro atoms. The average Bonchev–Trinajstić information content (AvgIpc) is 2.70. The highest BCUT2D eigenvalue weighted by atomic mass is 19.4. The number of halogens is 3. The van der Waals surface area contributed by atoms with Crippen molar-refractivity contribution in [3.63, 3.8) is 0 Å². The number of hydrogen-bond acceptors (Lipinski definition) is 0. The van der Waals surface area contributed by atoms with E-state index in [1.807, 2.05) is 20.8 Å². The zero-order valence-electron chi connectivity index (χ0n) is 9.99. The molecule has 0 aromatic heterocycles. The van der Waals surface area contributed by atoms with Gasteiger partial charge in [0, 0.05) is 0 Å². The first-order valence-electron chi connectivity index (χ1n) is 5.89. The number of alkyl halides is 3. The Balaban J connectivity index is 2.80. The van der Waals surface area contributed by atoms with Gasteiger partial charge in [0.25, 0.3) is 0 Å². The predicted molar refractivity (Wildman–Crippen MR) is 55.5 cm³/mol. The minimum atomic E-state index is -4.03. The molecule has 15 heavy (non-hydrogen) atoms. The van der Waals surface area contributed by atoms with Gasteiger partial charge in [-0.2, -0.15) is 13.2 Å².